The van der Waals surface area contributed by atoms with E-state index in [1.165, 1.54) is 7.11 Å². The van der Waals surface area contributed by atoms with Crippen molar-refractivity contribution in [2.24, 2.45) is 0 Å². The van der Waals surface area contributed by atoms with Crippen LogP contribution in [0.15, 0.2) is 48.5 Å². The summed E-state index contributed by atoms with van der Waals surface area (Å²) >= 11 is 0. The molecule has 140 valence electrons. The Balaban J connectivity index is 1.50. The van der Waals surface area contributed by atoms with Crippen LogP contribution in [0.5, 0.6) is 0 Å². The minimum absolute atomic E-state index is 0.0861. The van der Waals surface area contributed by atoms with Gasteiger partial charge in [0.25, 0.3) is 0 Å². The average Bonchev–Trinajstić information content (AvgIpc) is 3.12. The monoisotopic (exact) mass is 366 g/mol. The molecule has 6 heteroatoms. The molecule has 6 nitrogen and oxygen atoms in total. The van der Waals surface area contributed by atoms with Crippen molar-refractivity contribution in [2.45, 2.75) is 25.8 Å². The maximum Gasteiger partial charge on any atom is 0.337 e. The molecule has 2 aromatic rings. The van der Waals surface area contributed by atoms with Gasteiger partial charge >= 0.3 is 5.97 Å². The molecule has 0 aliphatic carbocycles. The van der Waals surface area contributed by atoms with E-state index in [2.05, 4.69) is 10.1 Å². The van der Waals surface area contributed by atoms with Gasteiger partial charge in [-0.1, -0.05) is 24.3 Å². The van der Waals surface area contributed by atoms with Crippen LogP contribution in [0.2, 0.25) is 0 Å². The molecular formula is C21H22N2O4. The molecule has 0 saturated carbocycles. The number of rotatable bonds is 6. The number of benzene rings is 2. The van der Waals surface area contributed by atoms with E-state index in [1.807, 2.05) is 24.3 Å². The Kier molecular flexibility index (Phi) is 5.86. The van der Waals surface area contributed by atoms with Gasteiger partial charge in [-0.3, -0.25) is 9.59 Å². The number of hydrogen-bond donors (Lipinski definition) is 1. The van der Waals surface area contributed by atoms with Gasteiger partial charge in [-0.15, -0.1) is 0 Å². The number of anilines is 1. The van der Waals surface area contributed by atoms with Crippen molar-refractivity contribution >= 4 is 23.5 Å². The van der Waals surface area contributed by atoms with Gasteiger partial charge in [0.1, 0.15) is 0 Å². The molecule has 2 aromatic carbocycles. The fourth-order valence-electron chi connectivity index (χ4n) is 3.04. The van der Waals surface area contributed by atoms with Crippen molar-refractivity contribution in [1.82, 2.24) is 5.32 Å². The van der Waals surface area contributed by atoms with E-state index in [1.54, 1.807) is 29.2 Å². The summed E-state index contributed by atoms with van der Waals surface area (Å²) in [6.07, 6.45) is 1.77. The Hall–Kier alpha value is -3.15. The normalized spacial score (nSPS) is 13.5. The largest absolute Gasteiger partial charge is 0.465 e. The fraction of sp³-hybridized carbons (Fsp3) is 0.286. The second-order valence-electron chi connectivity index (χ2n) is 6.46. The van der Waals surface area contributed by atoms with Crippen LogP contribution in [-0.4, -0.2) is 31.4 Å². The first-order chi connectivity index (χ1) is 13.1. The van der Waals surface area contributed by atoms with E-state index >= 15 is 0 Å². The molecule has 1 fully saturated rings. The van der Waals surface area contributed by atoms with Crippen molar-refractivity contribution < 1.29 is 19.1 Å². The van der Waals surface area contributed by atoms with Gasteiger partial charge in [0.2, 0.25) is 11.8 Å². The first kappa shape index (κ1) is 18.6. The number of carbonyl (C=O) groups is 3. The van der Waals surface area contributed by atoms with E-state index < -0.39 is 0 Å². The third kappa shape index (κ3) is 4.73. The number of amides is 2. The number of esters is 1. The quantitative estimate of drug-likeness (QED) is 0.797. The third-order valence-electron chi connectivity index (χ3n) is 4.55. The molecule has 0 radical (unpaired) electrons. The zero-order valence-electron chi connectivity index (χ0n) is 15.2. The zero-order chi connectivity index (χ0) is 19.2. The second kappa shape index (κ2) is 8.49. The van der Waals surface area contributed by atoms with Crippen LogP contribution in [-0.2, 0) is 27.3 Å². The number of methoxy groups -OCH3 is 1. The molecule has 3 rings (SSSR count). The molecule has 0 atom stereocenters. The van der Waals surface area contributed by atoms with Crippen LogP contribution < -0.4 is 10.2 Å². The van der Waals surface area contributed by atoms with Gasteiger partial charge in [-0.2, -0.15) is 0 Å². The van der Waals surface area contributed by atoms with E-state index in [0.29, 0.717) is 18.5 Å². The Labute approximate surface area is 158 Å². The smallest absolute Gasteiger partial charge is 0.337 e. The van der Waals surface area contributed by atoms with Crippen molar-refractivity contribution in [2.75, 3.05) is 18.6 Å². The van der Waals surface area contributed by atoms with Crippen LogP contribution in [0.3, 0.4) is 0 Å². The van der Waals surface area contributed by atoms with E-state index in [4.69, 9.17) is 0 Å². The molecule has 1 heterocycles. The van der Waals surface area contributed by atoms with Gasteiger partial charge in [0.15, 0.2) is 0 Å². The predicted octanol–water partition coefficient (Wildman–Crippen LogP) is 2.46. The summed E-state index contributed by atoms with van der Waals surface area (Å²) in [7, 11) is 1.34. The highest BCUT2D eigenvalue weighted by Crippen LogP contribution is 2.21. The number of carbonyl (C=O) groups excluding carboxylic acids is 3. The minimum atomic E-state index is -0.385. The Morgan fingerprint density at radius 2 is 1.70 bits per heavy atom. The fourth-order valence-corrected chi connectivity index (χ4v) is 3.04. The van der Waals surface area contributed by atoms with E-state index in [0.717, 1.165) is 29.8 Å². The predicted molar refractivity (Wildman–Crippen MR) is 101 cm³/mol. The summed E-state index contributed by atoms with van der Waals surface area (Å²) in [5.74, 6) is -0.319. The molecule has 0 bridgehead atoms. The number of ether oxygens (including phenoxy) is 1. The van der Waals surface area contributed by atoms with Crippen molar-refractivity contribution in [3.8, 4) is 0 Å². The van der Waals surface area contributed by atoms with E-state index in [-0.39, 0.29) is 24.2 Å². The van der Waals surface area contributed by atoms with Crippen molar-refractivity contribution in [3.63, 3.8) is 0 Å². The first-order valence-corrected chi connectivity index (χ1v) is 8.90. The standard InChI is InChI=1S/C21H22N2O4/c1-27-21(26)17-8-4-16(5-9-17)14-22-19(24)13-15-6-10-18(11-7-15)23-12-2-3-20(23)25/h4-11H,2-3,12-14H2,1H3,(H,22,24). The first-order valence-electron chi connectivity index (χ1n) is 8.90. The molecule has 27 heavy (non-hydrogen) atoms. The van der Waals surface area contributed by atoms with Crippen molar-refractivity contribution in [1.29, 1.82) is 0 Å². The lowest BCUT2D eigenvalue weighted by Crippen LogP contribution is -2.25. The average molecular weight is 366 g/mol. The second-order valence-corrected chi connectivity index (χ2v) is 6.46. The molecule has 0 spiro atoms. The number of hydrogen-bond acceptors (Lipinski definition) is 4. The summed E-state index contributed by atoms with van der Waals surface area (Å²) in [5.41, 5.74) is 3.15. The molecule has 0 aromatic heterocycles. The molecule has 1 saturated heterocycles. The molecular weight excluding hydrogens is 344 g/mol. The Morgan fingerprint density at radius 1 is 1.04 bits per heavy atom. The maximum atomic E-state index is 12.2. The summed E-state index contributed by atoms with van der Waals surface area (Å²) in [6.45, 7) is 1.15. The highest BCUT2D eigenvalue weighted by atomic mass is 16.5. The highest BCUT2D eigenvalue weighted by Gasteiger charge is 2.21. The molecule has 0 unspecified atom stereocenters. The summed E-state index contributed by atoms with van der Waals surface area (Å²) in [4.78, 5) is 37.1. The third-order valence-corrected chi connectivity index (χ3v) is 4.55. The topological polar surface area (TPSA) is 75.7 Å². The summed E-state index contributed by atoms with van der Waals surface area (Å²) in [6, 6.07) is 14.5. The van der Waals surface area contributed by atoms with Crippen LogP contribution >= 0.6 is 0 Å². The Morgan fingerprint density at radius 3 is 2.30 bits per heavy atom. The summed E-state index contributed by atoms with van der Waals surface area (Å²) < 4.78 is 4.66. The SMILES string of the molecule is COC(=O)c1ccc(CNC(=O)Cc2ccc(N3CCCC3=O)cc2)cc1. The number of nitrogens with one attached hydrogen (secondary N) is 1. The van der Waals surface area contributed by atoms with E-state index in [9.17, 15) is 14.4 Å². The van der Waals surface area contributed by atoms with Gasteiger partial charge < -0.3 is 15.0 Å². The maximum absolute atomic E-state index is 12.2. The van der Waals surface area contributed by atoms with Gasteiger partial charge in [-0.05, 0) is 41.8 Å². The molecule has 1 aliphatic heterocycles. The van der Waals surface area contributed by atoms with Crippen molar-refractivity contribution in [3.05, 3.63) is 65.2 Å². The van der Waals surface area contributed by atoms with Crippen LogP contribution in [0.1, 0.15) is 34.3 Å². The molecule has 2 amide bonds. The van der Waals surface area contributed by atoms with Crippen LogP contribution in [0, 0.1) is 0 Å². The lowest BCUT2D eigenvalue weighted by atomic mass is 10.1. The molecule has 1 aliphatic rings. The Bertz CT molecular complexity index is 828. The van der Waals surface area contributed by atoms with Gasteiger partial charge in [0, 0.05) is 25.2 Å². The highest BCUT2D eigenvalue weighted by molar-refractivity contribution is 5.95. The molecule has 1 N–H and O–H groups in total. The summed E-state index contributed by atoms with van der Waals surface area (Å²) in [5, 5.41) is 2.87. The van der Waals surface area contributed by atoms with Crippen LogP contribution in [0.25, 0.3) is 0 Å². The lowest BCUT2D eigenvalue weighted by Gasteiger charge is -2.15. The van der Waals surface area contributed by atoms with Crippen LogP contribution in [0.4, 0.5) is 5.69 Å². The van der Waals surface area contributed by atoms with Gasteiger partial charge in [-0.25, -0.2) is 4.79 Å². The van der Waals surface area contributed by atoms with Gasteiger partial charge in [0.05, 0.1) is 19.1 Å². The number of nitrogens with zero attached hydrogens (tertiary/aromatic N) is 1. The zero-order valence-corrected chi connectivity index (χ0v) is 15.2. The lowest BCUT2D eigenvalue weighted by molar-refractivity contribution is -0.120. The minimum Gasteiger partial charge on any atom is -0.465 e.